The molecule has 0 saturated heterocycles. The Morgan fingerprint density at radius 1 is 1.36 bits per heavy atom. The number of rotatable bonds is 2. The van der Waals surface area contributed by atoms with E-state index < -0.39 is 0 Å². The van der Waals surface area contributed by atoms with Crippen LogP contribution in [0.5, 0.6) is 0 Å². The van der Waals surface area contributed by atoms with Crippen LogP contribution in [0.15, 0.2) is 18.2 Å². The zero-order chi connectivity index (χ0) is 8.27. The van der Waals surface area contributed by atoms with Gasteiger partial charge in [0.2, 0.25) is 0 Å². The van der Waals surface area contributed by atoms with E-state index in [1.807, 2.05) is 0 Å². The summed E-state index contributed by atoms with van der Waals surface area (Å²) < 4.78 is 12.5. The van der Waals surface area contributed by atoms with Gasteiger partial charge < -0.3 is 0 Å². The summed E-state index contributed by atoms with van der Waals surface area (Å²) in [6.45, 7) is 0. The van der Waals surface area contributed by atoms with Crippen LogP contribution < -0.4 is 0 Å². The molecule has 0 amide bonds. The van der Waals surface area contributed by atoms with E-state index in [4.69, 9.17) is 23.2 Å². The van der Waals surface area contributed by atoms with Crippen LogP contribution in [-0.2, 0) is 6.42 Å². The van der Waals surface area contributed by atoms with E-state index in [9.17, 15) is 4.39 Å². The summed E-state index contributed by atoms with van der Waals surface area (Å²) in [5, 5.41) is 0.450. The fraction of sp³-hybridized carbons (Fsp3) is 0.250. The lowest BCUT2D eigenvalue weighted by molar-refractivity contribution is 0.627. The molecule has 0 unspecified atom stereocenters. The molecule has 1 aromatic rings. The van der Waals surface area contributed by atoms with Crippen molar-refractivity contribution in [3.8, 4) is 0 Å². The van der Waals surface area contributed by atoms with Gasteiger partial charge in [-0.15, -0.1) is 11.6 Å². The lowest BCUT2D eigenvalue weighted by Crippen LogP contribution is -1.87. The third-order valence-corrected chi connectivity index (χ3v) is 1.92. The molecule has 11 heavy (non-hydrogen) atoms. The van der Waals surface area contributed by atoms with Crippen LogP contribution in [0.2, 0.25) is 5.02 Å². The second-order valence-corrected chi connectivity index (χ2v) is 2.96. The number of benzene rings is 1. The zero-order valence-corrected chi connectivity index (χ0v) is 7.29. The first-order chi connectivity index (χ1) is 5.24. The van der Waals surface area contributed by atoms with Gasteiger partial charge in [0, 0.05) is 10.9 Å². The molecule has 1 aromatic carbocycles. The molecule has 0 fully saturated rings. The highest BCUT2D eigenvalue weighted by molar-refractivity contribution is 6.31. The van der Waals surface area contributed by atoms with Crippen LogP contribution in [-0.4, -0.2) is 5.88 Å². The maximum absolute atomic E-state index is 12.5. The maximum Gasteiger partial charge on any atom is 0.124 e. The van der Waals surface area contributed by atoms with Crippen molar-refractivity contribution < 1.29 is 4.39 Å². The van der Waals surface area contributed by atoms with E-state index in [-0.39, 0.29) is 5.82 Å². The Hall–Kier alpha value is -0.270. The van der Waals surface area contributed by atoms with Gasteiger partial charge in [0.25, 0.3) is 0 Å². The average Bonchev–Trinajstić information content (AvgIpc) is 1.95. The number of hydrogen-bond acceptors (Lipinski definition) is 0. The van der Waals surface area contributed by atoms with Crippen molar-refractivity contribution in [2.75, 3.05) is 5.88 Å². The molecule has 0 aliphatic heterocycles. The largest absolute Gasteiger partial charge is 0.207 e. The molecule has 60 valence electrons. The van der Waals surface area contributed by atoms with Crippen LogP contribution in [0.25, 0.3) is 0 Å². The van der Waals surface area contributed by atoms with Gasteiger partial charge in [-0.1, -0.05) is 17.7 Å². The predicted molar refractivity (Wildman–Crippen MR) is 45.8 cm³/mol. The minimum atomic E-state index is -0.312. The Morgan fingerprint density at radius 2 is 2.09 bits per heavy atom. The lowest BCUT2D eigenvalue weighted by Gasteiger charge is -1.99. The Bertz CT molecular complexity index is 248. The van der Waals surface area contributed by atoms with Gasteiger partial charge in [-0.3, -0.25) is 0 Å². The van der Waals surface area contributed by atoms with Crippen molar-refractivity contribution in [3.05, 3.63) is 34.6 Å². The quantitative estimate of drug-likeness (QED) is 0.632. The number of aryl methyl sites for hydroxylation is 1. The fourth-order valence-electron chi connectivity index (χ4n) is 0.826. The molecule has 0 nitrogen and oxygen atoms in total. The molecule has 0 spiro atoms. The Labute approximate surface area is 74.9 Å². The van der Waals surface area contributed by atoms with E-state index in [2.05, 4.69) is 0 Å². The molecule has 0 saturated carbocycles. The van der Waals surface area contributed by atoms with Gasteiger partial charge in [0.05, 0.1) is 0 Å². The second kappa shape index (κ2) is 3.93. The molecule has 3 heteroatoms. The summed E-state index contributed by atoms with van der Waals surface area (Å²) in [5.41, 5.74) is 0.892. The maximum atomic E-state index is 12.5. The molecular formula is C8H7Cl2F. The standard InChI is InChI=1S/C8H7Cl2F/c9-4-3-6-1-2-7(11)5-8(6)10/h1-2,5H,3-4H2. The van der Waals surface area contributed by atoms with Crippen LogP contribution in [0.4, 0.5) is 4.39 Å². The van der Waals surface area contributed by atoms with Crippen molar-refractivity contribution in [1.29, 1.82) is 0 Å². The van der Waals surface area contributed by atoms with Crippen molar-refractivity contribution in [2.24, 2.45) is 0 Å². The van der Waals surface area contributed by atoms with Crippen LogP contribution in [0.1, 0.15) is 5.56 Å². The minimum Gasteiger partial charge on any atom is -0.207 e. The van der Waals surface area contributed by atoms with E-state index in [1.165, 1.54) is 12.1 Å². The van der Waals surface area contributed by atoms with E-state index in [1.54, 1.807) is 6.07 Å². The first-order valence-electron chi connectivity index (χ1n) is 3.24. The van der Waals surface area contributed by atoms with Gasteiger partial charge in [-0.2, -0.15) is 0 Å². The van der Waals surface area contributed by atoms with Crippen molar-refractivity contribution in [1.82, 2.24) is 0 Å². The highest BCUT2D eigenvalue weighted by atomic mass is 35.5. The molecule has 1 rings (SSSR count). The summed E-state index contributed by atoms with van der Waals surface area (Å²) in [7, 11) is 0. The number of alkyl halides is 1. The highest BCUT2D eigenvalue weighted by Gasteiger charge is 1.99. The second-order valence-electron chi connectivity index (χ2n) is 2.17. The molecule has 0 bridgehead atoms. The van der Waals surface area contributed by atoms with Crippen molar-refractivity contribution >= 4 is 23.2 Å². The summed E-state index contributed by atoms with van der Waals surface area (Å²) in [6, 6.07) is 4.33. The smallest absolute Gasteiger partial charge is 0.124 e. The van der Waals surface area contributed by atoms with E-state index >= 15 is 0 Å². The van der Waals surface area contributed by atoms with Crippen LogP contribution in [0, 0.1) is 5.82 Å². The fourth-order valence-corrected chi connectivity index (χ4v) is 1.29. The van der Waals surface area contributed by atoms with Gasteiger partial charge in [-0.05, 0) is 24.1 Å². The van der Waals surface area contributed by atoms with Gasteiger partial charge in [0.1, 0.15) is 5.82 Å². The molecule has 0 aromatic heterocycles. The van der Waals surface area contributed by atoms with Crippen LogP contribution >= 0.6 is 23.2 Å². The summed E-state index contributed by atoms with van der Waals surface area (Å²) >= 11 is 11.2. The first-order valence-corrected chi connectivity index (χ1v) is 4.15. The topological polar surface area (TPSA) is 0 Å². The molecule has 0 aliphatic carbocycles. The molecule has 0 atom stereocenters. The summed E-state index contributed by atoms with van der Waals surface area (Å²) in [6.07, 6.45) is 0.681. The molecule has 0 N–H and O–H groups in total. The first kappa shape index (κ1) is 8.82. The van der Waals surface area contributed by atoms with E-state index in [0.717, 1.165) is 5.56 Å². The minimum absolute atomic E-state index is 0.312. The molecule has 0 heterocycles. The third-order valence-electron chi connectivity index (χ3n) is 1.38. The average molecular weight is 193 g/mol. The normalized spacial score (nSPS) is 10.1. The number of halogens is 3. The highest BCUT2D eigenvalue weighted by Crippen LogP contribution is 2.17. The summed E-state index contributed by atoms with van der Waals surface area (Å²) in [5.74, 6) is 0.194. The summed E-state index contributed by atoms with van der Waals surface area (Å²) in [4.78, 5) is 0. The Kier molecular flexibility index (Phi) is 3.16. The third kappa shape index (κ3) is 2.35. The van der Waals surface area contributed by atoms with Crippen molar-refractivity contribution in [2.45, 2.75) is 6.42 Å². The monoisotopic (exact) mass is 192 g/mol. The Balaban J connectivity index is 2.90. The van der Waals surface area contributed by atoms with Gasteiger partial charge in [0.15, 0.2) is 0 Å². The Morgan fingerprint density at radius 3 is 2.64 bits per heavy atom. The molecular weight excluding hydrogens is 186 g/mol. The van der Waals surface area contributed by atoms with Crippen LogP contribution in [0.3, 0.4) is 0 Å². The zero-order valence-electron chi connectivity index (χ0n) is 5.78. The van der Waals surface area contributed by atoms with Gasteiger partial charge in [-0.25, -0.2) is 4.39 Å². The van der Waals surface area contributed by atoms with Gasteiger partial charge >= 0.3 is 0 Å². The predicted octanol–water partition coefficient (Wildman–Crippen LogP) is 3.26. The molecule has 0 aliphatic rings. The SMILES string of the molecule is Fc1ccc(CCCl)c(Cl)c1. The van der Waals surface area contributed by atoms with E-state index in [0.29, 0.717) is 17.3 Å². The molecule has 0 radical (unpaired) electrons. The number of hydrogen-bond donors (Lipinski definition) is 0. The van der Waals surface area contributed by atoms with Crippen molar-refractivity contribution in [3.63, 3.8) is 0 Å². The lowest BCUT2D eigenvalue weighted by atomic mass is 10.2.